The second-order valence-electron chi connectivity index (χ2n) is 5.90. The van der Waals surface area contributed by atoms with E-state index in [1.165, 1.54) is 6.07 Å². The molecule has 2 heterocycles. The summed E-state index contributed by atoms with van der Waals surface area (Å²) in [6.45, 7) is 3.99. The third-order valence-electron chi connectivity index (χ3n) is 3.93. The monoisotopic (exact) mass is 354 g/mol. The van der Waals surface area contributed by atoms with Crippen molar-refractivity contribution in [1.29, 1.82) is 0 Å². The van der Waals surface area contributed by atoms with Gasteiger partial charge in [0.25, 0.3) is 0 Å². The molecule has 0 aliphatic carbocycles. The van der Waals surface area contributed by atoms with Gasteiger partial charge in [-0.1, -0.05) is 18.2 Å². The standard InChI is InChI=1S/C19H23FN6/c1-2-21-19(22-11-6-8-15-7-5-9-16(20)13-15)23-14-18-25-24-17-10-3-4-12-26(17)18/h3-5,7,9-10,12-13H,2,6,8,11,14H2,1H3,(H2,21,22,23). The van der Waals surface area contributed by atoms with E-state index in [0.717, 1.165) is 48.9 Å². The number of benzene rings is 1. The Morgan fingerprint density at radius 3 is 2.92 bits per heavy atom. The van der Waals surface area contributed by atoms with Crippen LogP contribution in [0.2, 0.25) is 0 Å². The lowest BCUT2D eigenvalue weighted by Gasteiger charge is -2.11. The quantitative estimate of drug-likeness (QED) is 0.389. The van der Waals surface area contributed by atoms with Gasteiger partial charge in [-0.25, -0.2) is 9.38 Å². The van der Waals surface area contributed by atoms with E-state index in [4.69, 9.17) is 0 Å². The minimum atomic E-state index is -0.189. The summed E-state index contributed by atoms with van der Waals surface area (Å²) in [7, 11) is 0. The molecular weight excluding hydrogens is 331 g/mol. The minimum absolute atomic E-state index is 0.189. The molecule has 6 nitrogen and oxygen atoms in total. The number of aryl methyl sites for hydroxylation is 1. The van der Waals surface area contributed by atoms with Crippen LogP contribution in [-0.4, -0.2) is 33.6 Å². The number of guanidine groups is 1. The van der Waals surface area contributed by atoms with Gasteiger partial charge in [-0.05, 0) is 49.6 Å². The topological polar surface area (TPSA) is 66.6 Å². The van der Waals surface area contributed by atoms with Crippen molar-refractivity contribution in [3.8, 4) is 0 Å². The summed E-state index contributed by atoms with van der Waals surface area (Å²) in [5.74, 6) is 1.34. The Labute approximate surface area is 152 Å². The number of aliphatic imine (C=N–C) groups is 1. The van der Waals surface area contributed by atoms with E-state index in [9.17, 15) is 4.39 Å². The predicted octanol–water partition coefficient (Wildman–Crippen LogP) is 2.56. The fourth-order valence-corrected chi connectivity index (χ4v) is 2.68. The Balaban J connectivity index is 1.54. The van der Waals surface area contributed by atoms with E-state index in [-0.39, 0.29) is 5.82 Å². The van der Waals surface area contributed by atoms with Crippen LogP contribution < -0.4 is 10.6 Å². The van der Waals surface area contributed by atoms with Gasteiger partial charge >= 0.3 is 0 Å². The fraction of sp³-hybridized carbons (Fsp3) is 0.316. The molecule has 0 spiro atoms. The van der Waals surface area contributed by atoms with Gasteiger partial charge in [-0.15, -0.1) is 10.2 Å². The maximum atomic E-state index is 13.2. The highest BCUT2D eigenvalue weighted by atomic mass is 19.1. The first kappa shape index (κ1) is 17.8. The molecule has 2 aromatic heterocycles. The van der Waals surface area contributed by atoms with Gasteiger partial charge in [0.1, 0.15) is 12.4 Å². The van der Waals surface area contributed by atoms with E-state index in [0.29, 0.717) is 6.54 Å². The van der Waals surface area contributed by atoms with Gasteiger partial charge in [-0.2, -0.15) is 0 Å². The highest BCUT2D eigenvalue weighted by Gasteiger charge is 2.04. The molecule has 0 atom stereocenters. The Kier molecular flexibility index (Phi) is 6.14. The summed E-state index contributed by atoms with van der Waals surface area (Å²) in [6.07, 6.45) is 3.64. The lowest BCUT2D eigenvalue weighted by molar-refractivity contribution is 0.624. The number of nitrogens with zero attached hydrogens (tertiary/aromatic N) is 4. The molecule has 0 unspecified atom stereocenters. The summed E-state index contributed by atoms with van der Waals surface area (Å²) in [4.78, 5) is 4.58. The number of halogens is 1. The molecule has 0 radical (unpaired) electrons. The lowest BCUT2D eigenvalue weighted by Crippen LogP contribution is -2.37. The first-order valence-corrected chi connectivity index (χ1v) is 8.81. The van der Waals surface area contributed by atoms with Gasteiger partial charge in [0.2, 0.25) is 0 Å². The highest BCUT2D eigenvalue weighted by Crippen LogP contribution is 2.06. The van der Waals surface area contributed by atoms with Crippen molar-refractivity contribution >= 4 is 11.6 Å². The third kappa shape index (κ3) is 4.78. The molecule has 0 aliphatic rings. The largest absolute Gasteiger partial charge is 0.357 e. The van der Waals surface area contributed by atoms with Crippen molar-refractivity contribution in [3.63, 3.8) is 0 Å². The molecule has 3 aromatic rings. The van der Waals surface area contributed by atoms with Crippen molar-refractivity contribution in [3.05, 3.63) is 65.9 Å². The van der Waals surface area contributed by atoms with Crippen LogP contribution in [-0.2, 0) is 13.0 Å². The lowest BCUT2D eigenvalue weighted by atomic mass is 10.1. The minimum Gasteiger partial charge on any atom is -0.357 e. The number of aromatic nitrogens is 3. The predicted molar refractivity (Wildman–Crippen MR) is 101 cm³/mol. The molecule has 0 saturated carbocycles. The Morgan fingerprint density at radius 1 is 1.15 bits per heavy atom. The van der Waals surface area contributed by atoms with E-state index < -0.39 is 0 Å². The van der Waals surface area contributed by atoms with E-state index in [2.05, 4.69) is 25.8 Å². The maximum Gasteiger partial charge on any atom is 0.191 e. The van der Waals surface area contributed by atoms with E-state index in [1.54, 1.807) is 12.1 Å². The average Bonchev–Trinajstić information content (AvgIpc) is 3.06. The number of rotatable bonds is 7. The van der Waals surface area contributed by atoms with Gasteiger partial charge in [0, 0.05) is 19.3 Å². The smallest absolute Gasteiger partial charge is 0.191 e. The van der Waals surface area contributed by atoms with Crippen LogP contribution in [0.1, 0.15) is 24.7 Å². The molecule has 2 N–H and O–H groups in total. The molecule has 0 amide bonds. The van der Waals surface area contributed by atoms with Gasteiger partial charge in [0.15, 0.2) is 17.4 Å². The number of pyridine rings is 1. The van der Waals surface area contributed by atoms with Crippen molar-refractivity contribution in [2.45, 2.75) is 26.3 Å². The van der Waals surface area contributed by atoms with Crippen LogP contribution in [0.25, 0.3) is 5.65 Å². The molecule has 0 saturated heterocycles. The molecule has 1 aromatic carbocycles. The summed E-state index contributed by atoms with van der Waals surface area (Å²) < 4.78 is 15.1. The van der Waals surface area contributed by atoms with Gasteiger partial charge in [0.05, 0.1) is 0 Å². The molecule has 0 aliphatic heterocycles. The molecular formula is C19H23FN6. The highest BCUT2D eigenvalue weighted by molar-refractivity contribution is 5.79. The van der Waals surface area contributed by atoms with Crippen LogP contribution in [0.3, 0.4) is 0 Å². The molecule has 26 heavy (non-hydrogen) atoms. The Morgan fingerprint density at radius 2 is 2.08 bits per heavy atom. The van der Waals surface area contributed by atoms with Crippen molar-refractivity contribution in [1.82, 2.24) is 25.2 Å². The first-order chi connectivity index (χ1) is 12.8. The number of nitrogens with one attached hydrogen (secondary N) is 2. The van der Waals surface area contributed by atoms with Gasteiger partial charge in [-0.3, -0.25) is 4.40 Å². The zero-order valence-electron chi connectivity index (χ0n) is 14.8. The van der Waals surface area contributed by atoms with E-state index in [1.807, 2.05) is 41.8 Å². The molecule has 0 fully saturated rings. The molecule has 3 rings (SSSR count). The van der Waals surface area contributed by atoms with Crippen molar-refractivity contribution < 1.29 is 4.39 Å². The van der Waals surface area contributed by atoms with Crippen molar-refractivity contribution in [2.75, 3.05) is 13.1 Å². The fourth-order valence-electron chi connectivity index (χ4n) is 2.68. The summed E-state index contributed by atoms with van der Waals surface area (Å²) in [6, 6.07) is 12.5. The molecule has 0 bridgehead atoms. The number of hydrogen-bond acceptors (Lipinski definition) is 3. The van der Waals surface area contributed by atoms with Crippen LogP contribution in [0.15, 0.2) is 53.7 Å². The second-order valence-corrected chi connectivity index (χ2v) is 5.90. The summed E-state index contributed by atoms with van der Waals surface area (Å²) >= 11 is 0. The van der Waals surface area contributed by atoms with Crippen LogP contribution in [0.4, 0.5) is 4.39 Å². The van der Waals surface area contributed by atoms with Crippen molar-refractivity contribution in [2.24, 2.45) is 4.99 Å². The van der Waals surface area contributed by atoms with E-state index >= 15 is 0 Å². The summed E-state index contributed by atoms with van der Waals surface area (Å²) in [5.41, 5.74) is 1.81. The van der Waals surface area contributed by atoms with Crippen LogP contribution in [0.5, 0.6) is 0 Å². The molecule has 7 heteroatoms. The first-order valence-electron chi connectivity index (χ1n) is 8.81. The van der Waals surface area contributed by atoms with Crippen LogP contribution >= 0.6 is 0 Å². The van der Waals surface area contributed by atoms with Gasteiger partial charge < -0.3 is 10.6 Å². The summed E-state index contributed by atoms with van der Waals surface area (Å²) in [5, 5.41) is 14.8. The van der Waals surface area contributed by atoms with Crippen LogP contribution in [0, 0.1) is 5.82 Å². The number of fused-ring (bicyclic) bond motifs is 1. The molecule has 136 valence electrons. The Hall–Kier alpha value is -2.96. The number of hydrogen-bond donors (Lipinski definition) is 2. The normalized spacial score (nSPS) is 11.7. The SMILES string of the molecule is CCNC(=NCc1nnc2ccccn12)NCCCc1cccc(F)c1. The third-order valence-corrected chi connectivity index (χ3v) is 3.93. The average molecular weight is 354 g/mol. The maximum absolute atomic E-state index is 13.2. The Bertz CT molecular complexity index is 873. The zero-order valence-corrected chi connectivity index (χ0v) is 14.8. The second kappa shape index (κ2) is 8.94. The zero-order chi connectivity index (χ0) is 18.2.